The Hall–Kier alpha value is -1.86. The molecule has 4 rings (SSSR count). The zero-order valence-electron chi connectivity index (χ0n) is 14.2. The van der Waals surface area contributed by atoms with Crippen molar-refractivity contribution in [1.29, 1.82) is 0 Å². The van der Waals surface area contributed by atoms with Crippen LogP contribution in [-0.2, 0) is 11.3 Å². The average Bonchev–Trinajstić information content (AvgIpc) is 3.26. The normalized spacial score (nSPS) is 17.6. The zero-order chi connectivity index (χ0) is 18.1. The van der Waals surface area contributed by atoms with E-state index in [1.54, 1.807) is 23.6 Å². The van der Waals surface area contributed by atoms with Crippen molar-refractivity contribution in [2.24, 2.45) is 0 Å². The molecule has 0 aliphatic carbocycles. The molecular weight excluding hydrogens is 370 g/mol. The topological polar surface area (TPSA) is 59.6 Å². The van der Waals surface area contributed by atoms with Crippen molar-refractivity contribution in [3.05, 3.63) is 57.4 Å². The van der Waals surface area contributed by atoms with Gasteiger partial charge in [0.25, 0.3) is 0 Å². The minimum atomic E-state index is -0.812. The molecule has 0 spiro atoms. The molecule has 1 aliphatic rings. The van der Waals surface area contributed by atoms with Crippen LogP contribution in [0.15, 0.2) is 41.9 Å². The summed E-state index contributed by atoms with van der Waals surface area (Å²) >= 11 is 7.81. The van der Waals surface area contributed by atoms with Crippen LogP contribution in [0.25, 0.3) is 10.9 Å². The third kappa shape index (κ3) is 3.50. The van der Waals surface area contributed by atoms with Crippen molar-refractivity contribution in [2.45, 2.75) is 12.6 Å². The molecule has 26 heavy (non-hydrogen) atoms. The van der Waals surface area contributed by atoms with Crippen LogP contribution in [0.5, 0.6) is 0 Å². The van der Waals surface area contributed by atoms with Crippen LogP contribution in [0.3, 0.4) is 0 Å². The Labute approximate surface area is 160 Å². The fourth-order valence-electron chi connectivity index (χ4n) is 3.64. The first-order valence-electron chi connectivity index (χ1n) is 8.60. The van der Waals surface area contributed by atoms with E-state index in [9.17, 15) is 9.90 Å². The van der Waals surface area contributed by atoms with Crippen molar-refractivity contribution in [2.75, 3.05) is 26.2 Å². The van der Waals surface area contributed by atoms with Crippen LogP contribution >= 0.6 is 22.9 Å². The third-order valence-corrected chi connectivity index (χ3v) is 6.03. The highest BCUT2D eigenvalue weighted by molar-refractivity contribution is 7.09. The first kappa shape index (κ1) is 17.5. The maximum atomic E-state index is 12.1. The summed E-state index contributed by atoms with van der Waals surface area (Å²) in [6, 6.07) is 9.10. The molecule has 3 heterocycles. The number of rotatable bonds is 5. The molecule has 7 heteroatoms. The Morgan fingerprint density at radius 3 is 2.77 bits per heavy atom. The van der Waals surface area contributed by atoms with Gasteiger partial charge in [-0.3, -0.25) is 14.6 Å². The van der Waals surface area contributed by atoms with Crippen LogP contribution in [0.1, 0.15) is 16.5 Å². The summed E-state index contributed by atoms with van der Waals surface area (Å²) < 4.78 is 0. The number of thiophene rings is 1. The molecule has 0 bridgehead atoms. The molecule has 136 valence electrons. The van der Waals surface area contributed by atoms with Gasteiger partial charge in [-0.15, -0.1) is 11.3 Å². The van der Waals surface area contributed by atoms with Crippen molar-refractivity contribution in [3.63, 3.8) is 0 Å². The summed E-state index contributed by atoms with van der Waals surface area (Å²) in [4.78, 5) is 21.0. The van der Waals surface area contributed by atoms with Crippen LogP contribution in [-0.4, -0.2) is 52.0 Å². The lowest BCUT2D eigenvalue weighted by atomic mass is 10.0. The first-order valence-corrected chi connectivity index (χ1v) is 9.86. The highest BCUT2D eigenvalue weighted by Gasteiger charge is 2.32. The van der Waals surface area contributed by atoms with Gasteiger partial charge < -0.3 is 10.1 Å². The van der Waals surface area contributed by atoms with E-state index in [1.165, 1.54) is 4.88 Å². The molecule has 0 radical (unpaired) electrons. The van der Waals surface area contributed by atoms with Gasteiger partial charge in [0.15, 0.2) is 0 Å². The lowest BCUT2D eigenvalue weighted by Crippen LogP contribution is -2.48. The van der Waals surface area contributed by atoms with Gasteiger partial charge in [-0.1, -0.05) is 23.7 Å². The minimum absolute atomic E-state index is 0.639. The van der Waals surface area contributed by atoms with E-state index in [-0.39, 0.29) is 0 Å². The second kappa shape index (κ2) is 7.40. The number of carbonyl (C=O) groups is 1. The number of halogens is 1. The van der Waals surface area contributed by atoms with Crippen molar-refractivity contribution in [1.82, 2.24) is 14.8 Å². The Morgan fingerprint density at radius 1 is 1.27 bits per heavy atom. The van der Waals surface area contributed by atoms with Gasteiger partial charge in [0, 0.05) is 65.3 Å². The van der Waals surface area contributed by atoms with Crippen LogP contribution < -0.4 is 0 Å². The second-order valence-electron chi connectivity index (χ2n) is 6.57. The summed E-state index contributed by atoms with van der Waals surface area (Å²) in [5, 5.41) is 13.5. The number of hydrogen-bond donors (Lipinski definition) is 2. The highest BCUT2D eigenvalue weighted by Crippen LogP contribution is 2.31. The number of aliphatic carboxylic acids is 1. The Kier molecular flexibility index (Phi) is 5.00. The number of nitrogens with one attached hydrogen (secondary N) is 1. The molecule has 1 aliphatic heterocycles. The number of aromatic amines is 1. The Bertz CT molecular complexity index is 901. The van der Waals surface area contributed by atoms with Crippen molar-refractivity contribution in [3.8, 4) is 0 Å². The van der Waals surface area contributed by atoms with E-state index in [0.717, 1.165) is 49.2 Å². The largest absolute Gasteiger partial charge is 0.480 e. The quantitative estimate of drug-likeness (QED) is 0.696. The fraction of sp³-hybridized carbons (Fsp3) is 0.316. The molecule has 1 saturated heterocycles. The molecule has 0 amide bonds. The summed E-state index contributed by atoms with van der Waals surface area (Å²) in [6.07, 6.45) is 1.80. The number of piperazine rings is 1. The molecule has 2 aromatic heterocycles. The molecule has 0 saturated carbocycles. The smallest absolute Gasteiger partial charge is 0.325 e. The molecular formula is C19H20ClN3O2S. The number of aromatic nitrogens is 1. The molecule has 3 aromatic rings. The summed E-state index contributed by atoms with van der Waals surface area (Å²) in [5.74, 6) is -0.812. The number of benzene rings is 1. The molecule has 1 unspecified atom stereocenters. The zero-order valence-corrected chi connectivity index (χ0v) is 15.8. The lowest BCUT2D eigenvalue weighted by Gasteiger charge is -2.37. The Morgan fingerprint density at radius 2 is 2.08 bits per heavy atom. The van der Waals surface area contributed by atoms with Gasteiger partial charge in [-0.2, -0.15) is 0 Å². The molecule has 2 N–H and O–H groups in total. The van der Waals surface area contributed by atoms with Crippen LogP contribution in [0, 0.1) is 0 Å². The van der Waals surface area contributed by atoms with Gasteiger partial charge in [0.05, 0.1) is 0 Å². The van der Waals surface area contributed by atoms with Gasteiger partial charge in [0.1, 0.15) is 6.04 Å². The summed E-state index contributed by atoms with van der Waals surface area (Å²) in [7, 11) is 0. The number of hydrogen-bond acceptors (Lipinski definition) is 4. The average molecular weight is 390 g/mol. The number of fused-ring (bicyclic) bond motifs is 1. The monoisotopic (exact) mass is 389 g/mol. The van der Waals surface area contributed by atoms with Gasteiger partial charge >= 0.3 is 5.97 Å². The number of carboxylic acids is 1. The molecule has 1 aromatic carbocycles. The maximum absolute atomic E-state index is 12.1. The number of H-pyrrole nitrogens is 1. The maximum Gasteiger partial charge on any atom is 0.325 e. The van der Waals surface area contributed by atoms with E-state index >= 15 is 0 Å². The van der Waals surface area contributed by atoms with Crippen molar-refractivity contribution < 1.29 is 9.90 Å². The molecule has 5 nitrogen and oxygen atoms in total. The van der Waals surface area contributed by atoms with E-state index in [1.807, 2.05) is 12.1 Å². The summed E-state index contributed by atoms with van der Waals surface area (Å²) in [6.45, 7) is 4.16. The third-order valence-electron chi connectivity index (χ3n) is 4.94. The number of carboxylic acid groups (broad SMARTS) is 1. The molecule has 1 fully saturated rings. The Balaban J connectivity index is 1.51. The SMILES string of the molecule is O=C(O)C(c1c[nH]c2cc(Cl)ccc12)N1CCN(Cc2cccs2)CC1. The van der Waals surface area contributed by atoms with Gasteiger partial charge in [-0.25, -0.2) is 0 Å². The van der Waals surface area contributed by atoms with Crippen LogP contribution in [0.4, 0.5) is 0 Å². The van der Waals surface area contributed by atoms with Gasteiger partial charge in [0.2, 0.25) is 0 Å². The predicted octanol–water partition coefficient (Wildman–Crippen LogP) is 3.83. The van der Waals surface area contributed by atoms with Gasteiger partial charge in [-0.05, 0) is 23.6 Å². The predicted molar refractivity (Wildman–Crippen MR) is 105 cm³/mol. The van der Waals surface area contributed by atoms with Crippen LogP contribution in [0.2, 0.25) is 5.02 Å². The van der Waals surface area contributed by atoms with Crippen molar-refractivity contribution >= 4 is 39.8 Å². The lowest BCUT2D eigenvalue weighted by molar-refractivity contribution is -0.144. The minimum Gasteiger partial charge on any atom is -0.480 e. The van der Waals surface area contributed by atoms with E-state index in [2.05, 4.69) is 32.3 Å². The molecule has 1 atom stereocenters. The fourth-order valence-corrected chi connectivity index (χ4v) is 4.55. The van der Waals surface area contributed by atoms with E-state index < -0.39 is 12.0 Å². The standard InChI is InChI=1S/C19H20ClN3O2S/c20-13-3-4-15-16(11-21-17(15)10-13)18(19(24)25)23-7-5-22(6-8-23)12-14-2-1-9-26-14/h1-4,9-11,18,21H,5-8,12H2,(H,24,25). The highest BCUT2D eigenvalue weighted by atomic mass is 35.5. The van der Waals surface area contributed by atoms with E-state index in [4.69, 9.17) is 11.6 Å². The second-order valence-corrected chi connectivity index (χ2v) is 8.03. The first-order chi connectivity index (χ1) is 12.6. The number of nitrogens with zero attached hydrogens (tertiary/aromatic N) is 2. The summed E-state index contributed by atoms with van der Waals surface area (Å²) in [5.41, 5.74) is 1.67. The van der Waals surface area contributed by atoms with E-state index in [0.29, 0.717) is 5.02 Å².